The van der Waals surface area contributed by atoms with Crippen LogP contribution < -0.4 is 16.4 Å². The van der Waals surface area contributed by atoms with E-state index in [1.54, 1.807) is 12.1 Å². The van der Waals surface area contributed by atoms with E-state index in [2.05, 4.69) is 10.6 Å². The summed E-state index contributed by atoms with van der Waals surface area (Å²) in [5, 5.41) is 32.4. The molecule has 0 unspecified atom stereocenters. The Morgan fingerprint density at radius 2 is 1.60 bits per heavy atom. The number of hydrogen-bond donors (Lipinski definition) is 6. The lowest BCUT2D eigenvalue weighted by molar-refractivity contribution is -0.142. The number of benzene rings is 1. The number of phenols is 1. The molecule has 1 aromatic rings. The number of nitrogens with two attached hydrogens (primary N) is 1. The Labute approximate surface area is 178 Å². The Hall–Kier alpha value is -2.79. The van der Waals surface area contributed by atoms with Crippen LogP contribution in [-0.2, 0) is 25.6 Å². The third-order valence-electron chi connectivity index (χ3n) is 4.24. The zero-order valence-electron chi connectivity index (χ0n) is 16.5. The molecule has 10 nitrogen and oxygen atoms in total. The van der Waals surface area contributed by atoms with E-state index in [1.807, 2.05) is 6.26 Å². The van der Waals surface area contributed by atoms with Gasteiger partial charge in [-0.2, -0.15) is 11.8 Å². The first-order valence-electron chi connectivity index (χ1n) is 9.21. The molecule has 166 valence electrons. The molecule has 1 aromatic carbocycles. The highest BCUT2D eigenvalue weighted by molar-refractivity contribution is 7.98. The molecule has 3 atom stereocenters. The van der Waals surface area contributed by atoms with E-state index < -0.39 is 41.9 Å². The number of hydrogen-bond acceptors (Lipinski definition) is 7. The van der Waals surface area contributed by atoms with Gasteiger partial charge < -0.3 is 31.7 Å². The predicted octanol–water partition coefficient (Wildman–Crippen LogP) is -0.0659. The minimum atomic E-state index is -1.19. The number of rotatable bonds is 13. The fourth-order valence-electron chi connectivity index (χ4n) is 2.53. The molecule has 0 radical (unpaired) electrons. The summed E-state index contributed by atoms with van der Waals surface area (Å²) in [5.74, 6) is -3.16. The van der Waals surface area contributed by atoms with Crippen LogP contribution in [0.2, 0.25) is 0 Å². The summed E-state index contributed by atoms with van der Waals surface area (Å²) in [6, 6.07) is 2.58. The minimum Gasteiger partial charge on any atom is -0.508 e. The van der Waals surface area contributed by atoms with Crippen molar-refractivity contribution in [3.8, 4) is 5.75 Å². The minimum absolute atomic E-state index is 0.0262. The normalized spacial score (nSPS) is 13.7. The summed E-state index contributed by atoms with van der Waals surface area (Å²) in [5.41, 5.74) is 6.32. The lowest BCUT2D eigenvalue weighted by atomic mass is 10.0. The van der Waals surface area contributed by atoms with E-state index in [-0.39, 0.29) is 31.4 Å². The summed E-state index contributed by atoms with van der Waals surface area (Å²) in [6.07, 6.45) is 1.63. The van der Waals surface area contributed by atoms with Gasteiger partial charge in [-0.15, -0.1) is 0 Å². The van der Waals surface area contributed by atoms with E-state index in [9.17, 15) is 29.4 Å². The highest BCUT2D eigenvalue weighted by atomic mass is 32.2. The fourth-order valence-corrected chi connectivity index (χ4v) is 3.00. The number of aliphatic carboxylic acids is 2. The molecule has 0 fully saturated rings. The molecule has 30 heavy (non-hydrogen) atoms. The quantitative estimate of drug-likeness (QED) is 0.244. The lowest BCUT2D eigenvalue weighted by Gasteiger charge is -2.23. The van der Waals surface area contributed by atoms with E-state index in [0.29, 0.717) is 11.3 Å². The molecule has 0 aromatic heterocycles. The Morgan fingerprint density at radius 1 is 1.00 bits per heavy atom. The van der Waals surface area contributed by atoms with Crippen LogP contribution >= 0.6 is 11.8 Å². The Kier molecular flexibility index (Phi) is 10.7. The van der Waals surface area contributed by atoms with Gasteiger partial charge >= 0.3 is 11.9 Å². The van der Waals surface area contributed by atoms with Crippen molar-refractivity contribution in [3.63, 3.8) is 0 Å². The van der Waals surface area contributed by atoms with Gasteiger partial charge in [0.1, 0.15) is 17.8 Å². The smallest absolute Gasteiger partial charge is 0.326 e. The fraction of sp³-hybridized carbons (Fsp3) is 0.474. The second-order valence-corrected chi connectivity index (χ2v) is 7.64. The first-order chi connectivity index (χ1) is 14.1. The van der Waals surface area contributed by atoms with Crippen LogP contribution in [-0.4, -0.2) is 69.2 Å². The summed E-state index contributed by atoms with van der Waals surface area (Å²) in [4.78, 5) is 47.2. The average Bonchev–Trinajstić information content (AvgIpc) is 2.69. The molecular formula is C19H27N3O7S. The highest BCUT2D eigenvalue weighted by Gasteiger charge is 2.28. The predicted molar refractivity (Wildman–Crippen MR) is 111 cm³/mol. The zero-order valence-corrected chi connectivity index (χ0v) is 17.4. The number of aromatic hydroxyl groups is 1. The first kappa shape index (κ1) is 25.2. The average molecular weight is 442 g/mol. The Balaban J connectivity index is 2.93. The molecule has 0 saturated heterocycles. The van der Waals surface area contributed by atoms with Crippen molar-refractivity contribution in [2.75, 3.05) is 12.0 Å². The number of amides is 2. The van der Waals surface area contributed by atoms with E-state index in [1.165, 1.54) is 23.9 Å². The van der Waals surface area contributed by atoms with Gasteiger partial charge in [0.2, 0.25) is 11.8 Å². The molecule has 2 amide bonds. The largest absolute Gasteiger partial charge is 0.508 e. The number of phenolic OH excluding ortho intramolecular Hbond substituents is 1. The second kappa shape index (κ2) is 12.7. The summed E-state index contributed by atoms with van der Waals surface area (Å²) in [7, 11) is 0. The number of carbonyl (C=O) groups excluding carboxylic acids is 2. The number of thioether (sulfide) groups is 1. The Morgan fingerprint density at radius 3 is 2.13 bits per heavy atom. The zero-order chi connectivity index (χ0) is 22.7. The number of carboxylic acids is 2. The maximum Gasteiger partial charge on any atom is 0.326 e. The molecule has 7 N–H and O–H groups in total. The third kappa shape index (κ3) is 9.14. The summed E-state index contributed by atoms with van der Waals surface area (Å²) in [6.45, 7) is 0. The van der Waals surface area contributed by atoms with Gasteiger partial charge in [0.05, 0.1) is 6.04 Å². The standard InChI is InChI=1S/C19H27N3O7S/c1-30-9-8-14(19(28)29)21-18(27)15(10-11-2-4-12(23)5-3-11)22-17(26)13(20)6-7-16(24)25/h2-5,13-15,23H,6-10,20H2,1H3,(H,21,27)(H,22,26)(H,24,25)(H,28,29)/t13-,14-,15-/m0/s1. The summed E-state index contributed by atoms with van der Waals surface area (Å²) >= 11 is 1.44. The second-order valence-electron chi connectivity index (χ2n) is 6.65. The molecule has 0 spiro atoms. The monoisotopic (exact) mass is 441 g/mol. The molecule has 0 heterocycles. The molecule has 0 aliphatic heterocycles. The van der Waals surface area contributed by atoms with Crippen molar-refractivity contribution in [2.45, 2.75) is 43.8 Å². The van der Waals surface area contributed by atoms with Crippen LogP contribution in [0, 0.1) is 0 Å². The Bertz CT molecular complexity index is 742. The van der Waals surface area contributed by atoms with Crippen molar-refractivity contribution in [1.29, 1.82) is 0 Å². The topological polar surface area (TPSA) is 179 Å². The molecule has 0 bridgehead atoms. The third-order valence-corrected chi connectivity index (χ3v) is 4.88. The molecular weight excluding hydrogens is 414 g/mol. The van der Waals surface area contributed by atoms with Crippen LogP contribution in [0.3, 0.4) is 0 Å². The van der Waals surface area contributed by atoms with Gasteiger partial charge in [-0.05, 0) is 42.5 Å². The van der Waals surface area contributed by atoms with E-state index >= 15 is 0 Å². The van der Waals surface area contributed by atoms with Gasteiger partial charge in [0, 0.05) is 12.8 Å². The van der Waals surface area contributed by atoms with Crippen molar-refractivity contribution >= 4 is 35.5 Å². The number of carbonyl (C=O) groups is 4. The van der Waals surface area contributed by atoms with Crippen molar-refractivity contribution < 1.29 is 34.5 Å². The van der Waals surface area contributed by atoms with Gasteiger partial charge in [0.25, 0.3) is 0 Å². The lowest BCUT2D eigenvalue weighted by Crippen LogP contribution is -2.55. The van der Waals surface area contributed by atoms with Crippen LogP contribution in [0.15, 0.2) is 24.3 Å². The van der Waals surface area contributed by atoms with Crippen LogP contribution in [0.1, 0.15) is 24.8 Å². The van der Waals surface area contributed by atoms with Crippen LogP contribution in [0.25, 0.3) is 0 Å². The van der Waals surface area contributed by atoms with Crippen LogP contribution in [0.5, 0.6) is 5.75 Å². The number of nitrogens with one attached hydrogen (secondary N) is 2. The maximum absolute atomic E-state index is 12.7. The molecule has 0 aliphatic carbocycles. The molecule has 1 rings (SSSR count). The van der Waals surface area contributed by atoms with Crippen molar-refractivity contribution in [1.82, 2.24) is 10.6 Å². The van der Waals surface area contributed by atoms with E-state index in [0.717, 1.165) is 0 Å². The van der Waals surface area contributed by atoms with Crippen LogP contribution in [0.4, 0.5) is 0 Å². The van der Waals surface area contributed by atoms with Gasteiger partial charge in [-0.25, -0.2) is 4.79 Å². The van der Waals surface area contributed by atoms with Crippen molar-refractivity contribution in [3.05, 3.63) is 29.8 Å². The van der Waals surface area contributed by atoms with Gasteiger partial charge in [0.15, 0.2) is 0 Å². The van der Waals surface area contributed by atoms with Gasteiger partial charge in [-0.1, -0.05) is 12.1 Å². The highest BCUT2D eigenvalue weighted by Crippen LogP contribution is 2.12. The summed E-state index contributed by atoms with van der Waals surface area (Å²) < 4.78 is 0. The molecule has 11 heteroatoms. The number of carboxylic acid groups (broad SMARTS) is 2. The van der Waals surface area contributed by atoms with Gasteiger partial charge in [-0.3, -0.25) is 14.4 Å². The maximum atomic E-state index is 12.7. The SMILES string of the molecule is CSCC[C@H](NC(=O)[C@H](Cc1ccc(O)cc1)NC(=O)[C@@H](N)CCC(=O)O)C(=O)O. The van der Waals surface area contributed by atoms with E-state index in [4.69, 9.17) is 10.8 Å². The molecule has 0 aliphatic rings. The first-order valence-corrected chi connectivity index (χ1v) is 10.6. The molecule has 0 saturated carbocycles. The van der Waals surface area contributed by atoms with Crippen molar-refractivity contribution in [2.24, 2.45) is 5.73 Å².